The molecule has 2 N–H and O–H groups in total. The van der Waals surface area contributed by atoms with Gasteiger partial charge in [-0.15, -0.1) is 0 Å². The van der Waals surface area contributed by atoms with Gasteiger partial charge in [-0.05, 0) is 56.5 Å². The molecule has 20 heavy (non-hydrogen) atoms. The monoisotopic (exact) mass is 266 g/mol. The predicted molar refractivity (Wildman–Crippen MR) is 86.4 cm³/mol. The molecule has 2 aromatic carbocycles. The van der Waals surface area contributed by atoms with Crippen LogP contribution in [0, 0.1) is 13.8 Å². The number of benzene rings is 2. The molecule has 3 rings (SSSR count). The number of anilines is 2. The molecule has 2 aromatic rings. The fraction of sp³-hybridized carbons (Fsp3) is 0.333. The first-order valence-electron chi connectivity index (χ1n) is 7.32. The normalized spacial score (nSPS) is 20.9. The van der Waals surface area contributed by atoms with E-state index in [4.69, 9.17) is 0 Å². The van der Waals surface area contributed by atoms with E-state index in [1.807, 2.05) is 0 Å². The standard InChI is InChI=1S/C18H22N2/c1-12-4-7-15(8-5-12)20-18-11-14(3)19-17-10-13(2)6-9-16(17)18/h4-10,14,18-20H,11H2,1-3H3/t14-,18+/m0/s1. The van der Waals surface area contributed by atoms with Crippen LogP contribution in [0.1, 0.15) is 36.1 Å². The smallest absolute Gasteiger partial charge is 0.0553 e. The van der Waals surface area contributed by atoms with Crippen LogP contribution in [0.2, 0.25) is 0 Å². The van der Waals surface area contributed by atoms with E-state index in [-0.39, 0.29) is 0 Å². The van der Waals surface area contributed by atoms with Crippen LogP contribution in [-0.2, 0) is 0 Å². The molecule has 2 nitrogen and oxygen atoms in total. The summed E-state index contributed by atoms with van der Waals surface area (Å²) in [6, 6.07) is 16.2. The Bertz CT molecular complexity index is 601. The maximum atomic E-state index is 3.67. The van der Waals surface area contributed by atoms with Gasteiger partial charge in [0.2, 0.25) is 0 Å². The van der Waals surface area contributed by atoms with Crippen LogP contribution in [-0.4, -0.2) is 6.04 Å². The Hall–Kier alpha value is -1.96. The molecule has 0 aromatic heterocycles. The lowest BCUT2D eigenvalue weighted by Crippen LogP contribution is -2.29. The molecule has 0 spiro atoms. The molecule has 2 atom stereocenters. The topological polar surface area (TPSA) is 24.1 Å². The molecule has 0 radical (unpaired) electrons. The molecular weight excluding hydrogens is 244 g/mol. The number of hydrogen-bond donors (Lipinski definition) is 2. The summed E-state index contributed by atoms with van der Waals surface area (Å²) in [6.45, 7) is 6.51. The van der Waals surface area contributed by atoms with Crippen molar-refractivity contribution < 1.29 is 0 Å². The minimum Gasteiger partial charge on any atom is -0.382 e. The number of aryl methyl sites for hydroxylation is 2. The van der Waals surface area contributed by atoms with Crippen LogP contribution in [0.3, 0.4) is 0 Å². The van der Waals surface area contributed by atoms with E-state index in [0.717, 1.165) is 6.42 Å². The van der Waals surface area contributed by atoms with Crippen molar-refractivity contribution in [3.63, 3.8) is 0 Å². The van der Waals surface area contributed by atoms with Crippen molar-refractivity contribution in [2.24, 2.45) is 0 Å². The Kier molecular flexibility index (Phi) is 3.39. The summed E-state index contributed by atoms with van der Waals surface area (Å²) in [7, 11) is 0. The molecule has 0 amide bonds. The van der Waals surface area contributed by atoms with Gasteiger partial charge >= 0.3 is 0 Å². The molecular formula is C18H22N2. The van der Waals surface area contributed by atoms with Crippen molar-refractivity contribution in [1.29, 1.82) is 0 Å². The van der Waals surface area contributed by atoms with Crippen LogP contribution in [0.25, 0.3) is 0 Å². The first-order chi connectivity index (χ1) is 9.61. The third-order valence-corrected chi connectivity index (χ3v) is 3.97. The average molecular weight is 266 g/mol. The lowest BCUT2D eigenvalue weighted by Gasteiger charge is -2.32. The van der Waals surface area contributed by atoms with Gasteiger partial charge in [0.05, 0.1) is 6.04 Å². The van der Waals surface area contributed by atoms with Gasteiger partial charge in [-0.2, -0.15) is 0 Å². The molecule has 0 saturated carbocycles. The minimum atomic E-state index is 0.379. The van der Waals surface area contributed by atoms with E-state index in [0.29, 0.717) is 12.1 Å². The van der Waals surface area contributed by atoms with Crippen molar-refractivity contribution >= 4 is 11.4 Å². The maximum Gasteiger partial charge on any atom is 0.0553 e. The van der Waals surface area contributed by atoms with Crippen molar-refractivity contribution in [2.45, 2.75) is 39.3 Å². The number of fused-ring (bicyclic) bond motifs is 1. The molecule has 1 aliphatic rings. The minimum absolute atomic E-state index is 0.379. The first kappa shape index (κ1) is 13.0. The van der Waals surface area contributed by atoms with Crippen molar-refractivity contribution in [1.82, 2.24) is 0 Å². The van der Waals surface area contributed by atoms with Gasteiger partial charge in [0.25, 0.3) is 0 Å². The second-order valence-electron chi connectivity index (χ2n) is 5.93. The zero-order valence-electron chi connectivity index (χ0n) is 12.4. The molecule has 0 aliphatic carbocycles. The van der Waals surface area contributed by atoms with E-state index in [1.165, 1.54) is 28.1 Å². The summed E-state index contributed by atoms with van der Waals surface area (Å²) in [4.78, 5) is 0. The quantitative estimate of drug-likeness (QED) is 0.826. The SMILES string of the molecule is Cc1ccc(N[C@@H]2C[C@H](C)Nc3cc(C)ccc32)cc1. The Morgan fingerprint density at radius 2 is 1.70 bits per heavy atom. The molecule has 1 aliphatic heterocycles. The van der Waals surface area contributed by atoms with E-state index < -0.39 is 0 Å². The largest absolute Gasteiger partial charge is 0.382 e. The highest BCUT2D eigenvalue weighted by Crippen LogP contribution is 2.35. The molecule has 1 heterocycles. The fourth-order valence-electron chi connectivity index (χ4n) is 2.89. The van der Waals surface area contributed by atoms with Crippen LogP contribution >= 0.6 is 0 Å². The lowest BCUT2D eigenvalue weighted by molar-refractivity contribution is 0.599. The van der Waals surface area contributed by atoms with E-state index >= 15 is 0 Å². The second-order valence-corrected chi connectivity index (χ2v) is 5.93. The summed E-state index contributed by atoms with van der Waals surface area (Å²) in [6.07, 6.45) is 1.10. The van der Waals surface area contributed by atoms with Gasteiger partial charge in [-0.3, -0.25) is 0 Å². The molecule has 0 saturated heterocycles. The Morgan fingerprint density at radius 1 is 1.00 bits per heavy atom. The Balaban J connectivity index is 1.88. The predicted octanol–water partition coefficient (Wildman–Crippen LogP) is 4.66. The average Bonchev–Trinajstić information content (AvgIpc) is 2.40. The molecule has 0 bridgehead atoms. The van der Waals surface area contributed by atoms with E-state index in [2.05, 4.69) is 73.9 Å². The van der Waals surface area contributed by atoms with Crippen molar-refractivity contribution in [3.8, 4) is 0 Å². The third-order valence-electron chi connectivity index (χ3n) is 3.97. The molecule has 0 fully saturated rings. The van der Waals surface area contributed by atoms with E-state index in [9.17, 15) is 0 Å². The second kappa shape index (κ2) is 5.20. The van der Waals surface area contributed by atoms with Gasteiger partial charge in [-0.1, -0.05) is 29.8 Å². The highest BCUT2D eigenvalue weighted by atomic mass is 15.0. The van der Waals surface area contributed by atoms with Gasteiger partial charge in [-0.25, -0.2) is 0 Å². The zero-order chi connectivity index (χ0) is 14.1. The fourth-order valence-corrected chi connectivity index (χ4v) is 2.89. The Labute approximate surface area is 121 Å². The number of nitrogens with one attached hydrogen (secondary N) is 2. The van der Waals surface area contributed by atoms with Crippen LogP contribution in [0.15, 0.2) is 42.5 Å². The van der Waals surface area contributed by atoms with Crippen LogP contribution in [0.5, 0.6) is 0 Å². The maximum absolute atomic E-state index is 3.67. The van der Waals surface area contributed by atoms with Crippen molar-refractivity contribution in [3.05, 3.63) is 59.2 Å². The highest BCUT2D eigenvalue weighted by molar-refractivity contribution is 5.60. The van der Waals surface area contributed by atoms with Gasteiger partial charge in [0, 0.05) is 17.4 Å². The third kappa shape index (κ3) is 2.64. The number of hydrogen-bond acceptors (Lipinski definition) is 2. The number of rotatable bonds is 2. The van der Waals surface area contributed by atoms with Crippen molar-refractivity contribution in [2.75, 3.05) is 10.6 Å². The van der Waals surface area contributed by atoms with Crippen LogP contribution in [0.4, 0.5) is 11.4 Å². The summed E-state index contributed by atoms with van der Waals surface area (Å²) in [5, 5.41) is 7.26. The summed E-state index contributed by atoms with van der Waals surface area (Å²) in [5.41, 5.74) is 6.44. The molecule has 2 heteroatoms. The molecule has 104 valence electrons. The highest BCUT2D eigenvalue weighted by Gasteiger charge is 2.23. The van der Waals surface area contributed by atoms with E-state index in [1.54, 1.807) is 0 Å². The van der Waals surface area contributed by atoms with Crippen LogP contribution < -0.4 is 10.6 Å². The summed E-state index contributed by atoms with van der Waals surface area (Å²) >= 11 is 0. The Morgan fingerprint density at radius 3 is 2.45 bits per heavy atom. The lowest BCUT2D eigenvalue weighted by atomic mass is 9.92. The summed E-state index contributed by atoms with van der Waals surface area (Å²) < 4.78 is 0. The van der Waals surface area contributed by atoms with Gasteiger partial charge in [0.15, 0.2) is 0 Å². The van der Waals surface area contributed by atoms with Gasteiger partial charge in [0.1, 0.15) is 0 Å². The summed E-state index contributed by atoms with van der Waals surface area (Å²) in [5.74, 6) is 0. The van der Waals surface area contributed by atoms with Gasteiger partial charge < -0.3 is 10.6 Å². The zero-order valence-corrected chi connectivity index (χ0v) is 12.4. The molecule has 0 unspecified atom stereocenters. The first-order valence-corrected chi connectivity index (χ1v) is 7.32.